The van der Waals surface area contributed by atoms with Crippen LogP contribution in [0.5, 0.6) is 0 Å². The molecule has 3 N–H and O–H groups in total. The molecule has 1 aliphatic heterocycles. The van der Waals surface area contributed by atoms with Gasteiger partial charge in [0.2, 0.25) is 11.8 Å². The molecular weight excluding hydrogens is 266 g/mol. The molecule has 0 bridgehead atoms. The number of hydrogen-bond donors (Lipinski definition) is 2. The van der Waals surface area contributed by atoms with Crippen molar-refractivity contribution in [1.29, 1.82) is 0 Å². The number of amides is 2. The fraction of sp³-hybridized carbons (Fsp3) is 0.385. The van der Waals surface area contributed by atoms with E-state index in [1.807, 2.05) is 13.8 Å². The number of nitrogens with zero attached hydrogens (tertiary/aromatic N) is 1. The third kappa shape index (κ3) is 2.51. The summed E-state index contributed by atoms with van der Waals surface area (Å²) in [5.74, 6) is -0.576. The maximum Gasteiger partial charge on any atom is 0.249 e. The third-order valence-electron chi connectivity index (χ3n) is 3.27. The lowest BCUT2D eigenvalue weighted by molar-refractivity contribution is -0.132. The van der Waals surface area contributed by atoms with E-state index in [0.29, 0.717) is 17.1 Å². The number of benzene rings is 1. The van der Waals surface area contributed by atoms with Gasteiger partial charge < -0.3 is 10.6 Å². The minimum absolute atomic E-state index is 0.144. The quantitative estimate of drug-likeness (QED) is 0.636. The van der Waals surface area contributed by atoms with Crippen LogP contribution in [0.1, 0.15) is 18.9 Å². The molecule has 19 heavy (non-hydrogen) atoms. The maximum absolute atomic E-state index is 11.9. The number of nitrogens with two attached hydrogens (primary N) is 1. The average molecular weight is 282 g/mol. The van der Waals surface area contributed by atoms with Gasteiger partial charge in [-0.15, -0.1) is 0 Å². The number of carbonyl (C=O) groups is 2. The van der Waals surface area contributed by atoms with E-state index in [2.05, 4.69) is 5.32 Å². The highest BCUT2D eigenvalue weighted by molar-refractivity contribution is 6.33. The number of nitrogens with one attached hydrogen (secondary N) is 1. The smallest absolute Gasteiger partial charge is 0.249 e. The lowest BCUT2D eigenvalue weighted by atomic mass is 10.1. The predicted molar refractivity (Wildman–Crippen MR) is 75.2 cm³/mol. The summed E-state index contributed by atoms with van der Waals surface area (Å²) in [5, 5.41) is 2.77. The fourth-order valence-electron chi connectivity index (χ4n) is 2.33. The van der Waals surface area contributed by atoms with Gasteiger partial charge in [0.15, 0.2) is 0 Å². The number of carbonyl (C=O) groups excluding carboxylic acids is 2. The molecule has 0 spiro atoms. The van der Waals surface area contributed by atoms with Gasteiger partial charge in [-0.25, -0.2) is 0 Å². The van der Waals surface area contributed by atoms with E-state index in [-0.39, 0.29) is 24.4 Å². The van der Waals surface area contributed by atoms with Crippen LogP contribution in [-0.4, -0.2) is 24.4 Å². The number of imide groups is 1. The van der Waals surface area contributed by atoms with Crippen molar-refractivity contribution in [2.45, 2.75) is 26.3 Å². The van der Waals surface area contributed by atoms with Gasteiger partial charge in [0, 0.05) is 5.69 Å². The molecule has 102 valence electrons. The largest absolute Gasteiger partial charge is 0.398 e. The Hall–Kier alpha value is -1.75. The van der Waals surface area contributed by atoms with Gasteiger partial charge in [-0.1, -0.05) is 18.5 Å². The molecule has 0 aromatic heterocycles. The van der Waals surface area contributed by atoms with Gasteiger partial charge in [-0.3, -0.25) is 14.9 Å². The first-order valence-electron chi connectivity index (χ1n) is 6.10. The van der Waals surface area contributed by atoms with Gasteiger partial charge in [0.1, 0.15) is 6.04 Å². The summed E-state index contributed by atoms with van der Waals surface area (Å²) in [4.78, 5) is 25.2. The van der Waals surface area contributed by atoms with Crippen molar-refractivity contribution in [1.82, 2.24) is 5.32 Å². The summed E-state index contributed by atoms with van der Waals surface area (Å²) in [6.07, 6.45) is 0.612. The van der Waals surface area contributed by atoms with Crippen LogP contribution in [0.2, 0.25) is 5.02 Å². The van der Waals surface area contributed by atoms with Crippen LogP contribution in [0.15, 0.2) is 12.1 Å². The molecule has 1 heterocycles. The minimum Gasteiger partial charge on any atom is -0.398 e. The van der Waals surface area contributed by atoms with E-state index in [1.165, 1.54) is 0 Å². The molecule has 1 atom stereocenters. The van der Waals surface area contributed by atoms with Crippen LogP contribution in [0, 0.1) is 6.92 Å². The van der Waals surface area contributed by atoms with E-state index in [1.54, 1.807) is 17.0 Å². The molecular formula is C13H16ClN3O2. The minimum atomic E-state index is -0.365. The molecule has 6 heteroatoms. The molecule has 1 unspecified atom stereocenters. The molecule has 1 aliphatic rings. The zero-order valence-electron chi connectivity index (χ0n) is 10.9. The molecule has 0 aliphatic carbocycles. The number of halogens is 1. The predicted octanol–water partition coefficient (Wildman–Crippen LogP) is 1.47. The second-order valence-electron chi connectivity index (χ2n) is 4.62. The Balaban J connectivity index is 2.46. The molecule has 1 aromatic rings. The Morgan fingerprint density at radius 3 is 2.79 bits per heavy atom. The van der Waals surface area contributed by atoms with Crippen LogP contribution in [0.4, 0.5) is 11.4 Å². The lowest BCUT2D eigenvalue weighted by Gasteiger charge is -2.36. The van der Waals surface area contributed by atoms with Crippen molar-refractivity contribution in [3.63, 3.8) is 0 Å². The number of nitrogen functional groups attached to an aromatic ring is 1. The first kappa shape index (κ1) is 13.7. The normalized spacial score (nSPS) is 19.5. The molecule has 5 nitrogen and oxygen atoms in total. The van der Waals surface area contributed by atoms with E-state index >= 15 is 0 Å². The Morgan fingerprint density at radius 2 is 2.16 bits per heavy atom. The first-order chi connectivity index (χ1) is 8.93. The summed E-state index contributed by atoms with van der Waals surface area (Å²) in [5.41, 5.74) is 7.90. The van der Waals surface area contributed by atoms with Gasteiger partial charge in [-0.05, 0) is 31.0 Å². The first-order valence-corrected chi connectivity index (χ1v) is 6.47. The zero-order chi connectivity index (χ0) is 14.2. The summed E-state index contributed by atoms with van der Waals surface area (Å²) >= 11 is 6.03. The van der Waals surface area contributed by atoms with Crippen molar-refractivity contribution in [2.24, 2.45) is 0 Å². The highest BCUT2D eigenvalue weighted by atomic mass is 35.5. The SMILES string of the molecule is CCC1C(=O)NC(=O)CN1c1cc(Cl)c(N)cc1C. The van der Waals surface area contributed by atoms with E-state index in [0.717, 1.165) is 11.3 Å². The van der Waals surface area contributed by atoms with Crippen molar-refractivity contribution in [3.8, 4) is 0 Å². The third-order valence-corrected chi connectivity index (χ3v) is 3.59. The van der Waals surface area contributed by atoms with Gasteiger partial charge in [0.05, 0.1) is 17.3 Å². The second-order valence-corrected chi connectivity index (χ2v) is 5.03. The Morgan fingerprint density at radius 1 is 1.47 bits per heavy atom. The van der Waals surface area contributed by atoms with Crippen LogP contribution in [0.3, 0.4) is 0 Å². The second kappa shape index (κ2) is 5.09. The highest BCUT2D eigenvalue weighted by Crippen LogP contribution is 2.31. The molecule has 2 rings (SSSR count). The Bertz CT molecular complexity index is 545. The van der Waals surface area contributed by atoms with Crippen molar-refractivity contribution in [3.05, 3.63) is 22.7 Å². The van der Waals surface area contributed by atoms with Gasteiger partial charge in [-0.2, -0.15) is 0 Å². The summed E-state index contributed by atoms with van der Waals surface area (Å²) in [6, 6.07) is 3.10. The molecule has 1 aromatic carbocycles. The maximum atomic E-state index is 11.9. The van der Waals surface area contributed by atoms with E-state index < -0.39 is 0 Å². The topological polar surface area (TPSA) is 75.4 Å². The van der Waals surface area contributed by atoms with Crippen molar-refractivity contribution >= 4 is 34.8 Å². The Labute approximate surface area is 116 Å². The van der Waals surface area contributed by atoms with Crippen LogP contribution in [0.25, 0.3) is 0 Å². The van der Waals surface area contributed by atoms with Crippen molar-refractivity contribution in [2.75, 3.05) is 17.2 Å². The number of piperazine rings is 1. The summed E-state index contributed by atoms with van der Waals surface area (Å²) in [7, 11) is 0. The molecule has 1 fully saturated rings. The lowest BCUT2D eigenvalue weighted by Crippen LogP contribution is -2.58. The van der Waals surface area contributed by atoms with Crippen LogP contribution in [-0.2, 0) is 9.59 Å². The molecule has 0 saturated carbocycles. The summed E-state index contributed by atoms with van der Waals surface area (Å²) in [6.45, 7) is 3.93. The number of rotatable bonds is 2. The highest BCUT2D eigenvalue weighted by Gasteiger charge is 2.33. The fourth-order valence-corrected chi connectivity index (χ4v) is 2.49. The number of aryl methyl sites for hydroxylation is 1. The van der Waals surface area contributed by atoms with Crippen molar-refractivity contribution < 1.29 is 9.59 Å². The number of anilines is 2. The standard InChI is InChI=1S/C13H16ClN3O2/c1-3-10-13(19)16-12(18)6-17(10)11-5-8(14)9(15)4-7(11)2/h4-5,10H,3,6,15H2,1-2H3,(H,16,18,19). The molecule has 2 amide bonds. The van der Waals surface area contributed by atoms with Gasteiger partial charge >= 0.3 is 0 Å². The summed E-state index contributed by atoms with van der Waals surface area (Å²) < 4.78 is 0. The molecule has 1 saturated heterocycles. The number of hydrogen-bond acceptors (Lipinski definition) is 4. The van der Waals surface area contributed by atoms with Crippen LogP contribution >= 0.6 is 11.6 Å². The Kier molecular flexibility index (Phi) is 3.66. The molecule has 0 radical (unpaired) electrons. The van der Waals surface area contributed by atoms with Gasteiger partial charge in [0.25, 0.3) is 0 Å². The van der Waals surface area contributed by atoms with E-state index in [4.69, 9.17) is 17.3 Å². The van der Waals surface area contributed by atoms with Crippen LogP contribution < -0.4 is 16.0 Å². The van der Waals surface area contributed by atoms with E-state index in [9.17, 15) is 9.59 Å². The monoisotopic (exact) mass is 281 g/mol. The average Bonchev–Trinajstić information content (AvgIpc) is 2.33. The zero-order valence-corrected chi connectivity index (χ0v) is 11.6.